The molecule has 0 saturated carbocycles. The van der Waals surface area contributed by atoms with E-state index in [1.165, 1.54) is 89.5 Å². The second-order valence-electron chi connectivity index (χ2n) is 15.4. The van der Waals surface area contributed by atoms with Gasteiger partial charge in [0, 0.05) is 0 Å². The Morgan fingerprint density at radius 3 is 1.71 bits per heavy atom. The number of allylic oxidation sites excluding steroid dienone is 3. The van der Waals surface area contributed by atoms with Gasteiger partial charge in [-0.25, -0.2) is 4.18 Å². The van der Waals surface area contributed by atoms with Gasteiger partial charge in [-0.1, -0.05) is 160 Å². The molecule has 8 unspecified atom stereocenters. The molecule has 7 N–H and O–H groups in total. The highest BCUT2D eigenvalue weighted by Crippen LogP contribution is 2.26. The van der Waals surface area contributed by atoms with E-state index in [-0.39, 0.29) is 6.42 Å². The lowest BCUT2D eigenvalue weighted by Gasteiger charge is -2.41. The monoisotopic (exact) mass is 822 g/mol. The SMILES string of the molecule is CCCC/C=C\CCCCCC(O)C(=O)NC(COC1OC(CO)C(O)C(OS(=O)(=O)O)C1O)C(O)/C=C/CCCCCCCCCCCCCCCCCC. The van der Waals surface area contributed by atoms with Crippen LogP contribution in [0.5, 0.6) is 0 Å². The molecule has 0 aromatic rings. The summed E-state index contributed by atoms with van der Waals surface area (Å²) in [6.45, 7) is 3.13. The van der Waals surface area contributed by atoms with Crippen molar-refractivity contribution in [1.82, 2.24) is 5.32 Å². The van der Waals surface area contributed by atoms with Gasteiger partial charge in [0.2, 0.25) is 5.91 Å². The zero-order valence-corrected chi connectivity index (χ0v) is 35.4. The van der Waals surface area contributed by atoms with E-state index < -0.39 is 78.5 Å². The van der Waals surface area contributed by atoms with Crippen molar-refractivity contribution >= 4 is 16.3 Å². The highest BCUT2D eigenvalue weighted by molar-refractivity contribution is 7.80. The maximum absolute atomic E-state index is 13.0. The first kappa shape index (κ1) is 52.6. The molecule has 1 rings (SSSR count). The molecule has 8 atom stereocenters. The van der Waals surface area contributed by atoms with E-state index in [0.717, 1.165) is 57.8 Å². The molecule has 330 valence electrons. The first-order valence-electron chi connectivity index (χ1n) is 21.8. The highest BCUT2D eigenvalue weighted by atomic mass is 32.3. The second-order valence-corrected chi connectivity index (χ2v) is 16.5. The molecule has 56 heavy (non-hydrogen) atoms. The molecule has 14 heteroatoms. The van der Waals surface area contributed by atoms with Crippen molar-refractivity contribution in [2.24, 2.45) is 0 Å². The maximum atomic E-state index is 13.0. The zero-order valence-electron chi connectivity index (χ0n) is 34.6. The molecule has 1 saturated heterocycles. The Labute approximate surface area is 338 Å². The molecule has 0 aromatic carbocycles. The number of hydrogen-bond donors (Lipinski definition) is 7. The molecule has 1 aliphatic heterocycles. The molecule has 0 spiro atoms. The Morgan fingerprint density at radius 2 is 1.20 bits per heavy atom. The molecule has 1 heterocycles. The van der Waals surface area contributed by atoms with Gasteiger partial charge < -0.3 is 40.3 Å². The van der Waals surface area contributed by atoms with Crippen molar-refractivity contribution in [3.8, 4) is 0 Å². The standard InChI is InChI=1S/C42H79NO12S/c1-3-5-7-9-11-13-14-15-16-17-18-19-20-21-23-24-26-28-30-35(45)34(43-41(49)36(46)31-29-27-25-22-12-10-8-6-4-2)33-53-42-39(48)40(55-56(50,51)52)38(47)37(32-44)54-42/h10,12,28,30,34-40,42,44-48H,3-9,11,13-27,29,31-33H2,1-2H3,(H,43,49)(H,50,51,52)/b12-10-,30-28+. The number of aliphatic hydroxyl groups excluding tert-OH is 5. The molecule has 13 nitrogen and oxygen atoms in total. The molecule has 0 aromatic heterocycles. The van der Waals surface area contributed by atoms with Crippen LogP contribution in [0.25, 0.3) is 0 Å². The van der Waals surface area contributed by atoms with Crippen molar-refractivity contribution in [2.45, 2.75) is 223 Å². The van der Waals surface area contributed by atoms with E-state index >= 15 is 0 Å². The third kappa shape index (κ3) is 25.8. The van der Waals surface area contributed by atoms with Crippen LogP contribution < -0.4 is 5.32 Å². The molecule has 1 fully saturated rings. The number of hydrogen-bond acceptors (Lipinski definition) is 11. The topological polar surface area (TPSA) is 212 Å². The number of rotatable bonds is 36. The minimum absolute atomic E-state index is 0.222. The van der Waals surface area contributed by atoms with E-state index in [9.17, 15) is 38.7 Å². The lowest BCUT2D eigenvalue weighted by Crippen LogP contribution is -2.61. The van der Waals surface area contributed by atoms with Gasteiger partial charge in [-0.2, -0.15) is 8.42 Å². The summed E-state index contributed by atoms with van der Waals surface area (Å²) in [7, 11) is -5.11. The quantitative estimate of drug-likeness (QED) is 0.0199. The van der Waals surface area contributed by atoms with Crippen LogP contribution in [0.1, 0.15) is 174 Å². The smallest absolute Gasteiger partial charge is 0.394 e. The van der Waals surface area contributed by atoms with Gasteiger partial charge in [0.25, 0.3) is 0 Å². The molecule has 0 aliphatic carbocycles. The summed E-state index contributed by atoms with van der Waals surface area (Å²) in [5.74, 6) is -0.718. The predicted molar refractivity (Wildman–Crippen MR) is 219 cm³/mol. The molecular formula is C42H79NO12S. The summed E-state index contributed by atoms with van der Waals surface area (Å²) in [5, 5.41) is 54.9. The number of aliphatic hydroxyl groups is 5. The molecule has 0 bridgehead atoms. The molecule has 1 aliphatic rings. The fourth-order valence-electron chi connectivity index (χ4n) is 6.79. The van der Waals surface area contributed by atoms with E-state index in [4.69, 9.17) is 14.0 Å². The summed E-state index contributed by atoms with van der Waals surface area (Å²) in [6, 6.07) is -1.12. The number of unbranched alkanes of at least 4 members (excludes halogenated alkanes) is 21. The average Bonchev–Trinajstić information content (AvgIpc) is 3.16. The minimum Gasteiger partial charge on any atom is -0.394 e. The van der Waals surface area contributed by atoms with Crippen molar-refractivity contribution in [3.63, 3.8) is 0 Å². The first-order chi connectivity index (χ1) is 26.9. The van der Waals surface area contributed by atoms with Crippen molar-refractivity contribution in [2.75, 3.05) is 13.2 Å². The number of carbonyl (C=O) groups excluding carboxylic acids is 1. The number of nitrogens with one attached hydrogen (secondary N) is 1. The third-order valence-electron chi connectivity index (χ3n) is 10.3. The van der Waals surface area contributed by atoms with Crippen LogP contribution in [0.2, 0.25) is 0 Å². The van der Waals surface area contributed by atoms with Gasteiger partial charge in [0.1, 0.15) is 30.5 Å². The van der Waals surface area contributed by atoms with Gasteiger partial charge in [0.05, 0.1) is 25.4 Å². The third-order valence-corrected chi connectivity index (χ3v) is 10.8. The molecule has 1 amide bonds. The predicted octanol–water partition coefficient (Wildman–Crippen LogP) is 6.74. The maximum Gasteiger partial charge on any atom is 0.397 e. The van der Waals surface area contributed by atoms with E-state index in [2.05, 4.69) is 35.5 Å². The van der Waals surface area contributed by atoms with Crippen LogP contribution in [-0.2, 0) is 28.9 Å². The summed E-state index contributed by atoms with van der Waals surface area (Å²) in [4.78, 5) is 13.0. The van der Waals surface area contributed by atoms with Crippen LogP contribution in [-0.4, -0.2) is 107 Å². The van der Waals surface area contributed by atoms with Gasteiger partial charge in [-0.05, 0) is 38.5 Å². The number of ether oxygens (including phenoxy) is 2. The molecule has 0 radical (unpaired) electrons. The van der Waals surface area contributed by atoms with Crippen LogP contribution in [0.15, 0.2) is 24.3 Å². The van der Waals surface area contributed by atoms with Crippen LogP contribution in [0.3, 0.4) is 0 Å². The number of carbonyl (C=O) groups is 1. The fraction of sp³-hybridized carbons (Fsp3) is 0.881. The normalized spacial score (nSPS) is 22.2. The van der Waals surface area contributed by atoms with Gasteiger partial charge in [0.15, 0.2) is 6.29 Å². The van der Waals surface area contributed by atoms with E-state index in [1.54, 1.807) is 0 Å². The minimum atomic E-state index is -5.11. The van der Waals surface area contributed by atoms with Crippen molar-refractivity contribution < 1.29 is 57.0 Å². The van der Waals surface area contributed by atoms with Gasteiger partial charge in [-0.15, -0.1) is 0 Å². The van der Waals surface area contributed by atoms with E-state index in [1.807, 2.05) is 6.08 Å². The van der Waals surface area contributed by atoms with Crippen LogP contribution in [0, 0.1) is 0 Å². The van der Waals surface area contributed by atoms with Crippen molar-refractivity contribution in [3.05, 3.63) is 24.3 Å². The second kappa shape index (κ2) is 33.4. The summed E-state index contributed by atoms with van der Waals surface area (Å²) >= 11 is 0. The largest absolute Gasteiger partial charge is 0.397 e. The lowest BCUT2D eigenvalue weighted by molar-refractivity contribution is -0.298. The van der Waals surface area contributed by atoms with Gasteiger partial charge in [-0.3, -0.25) is 9.35 Å². The van der Waals surface area contributed by atoms with Gasteiger partial charge >= 0.3 is 10.4 Å². The zero-order chi connectivity index (χ0) is 41.4. The Kier molecular flexibility index (Phi) is 31.3. The fourth-order valence-corrected chi connectivity index (χ4v) is 7.30. The van der Waals surface area contributed by atoms with Crippen LogP contribution >= 0.6 is 0 Å². The van der Waals surface area contributed by atoms with Crippen LogP contribution in [0.4, 0.5) is 0 Å². The number of amides is 1. The summed E-state index contributed by atoms with van der Waals surface area (Å²) in [6.07, 6.45) is 24.3. The summed E-state index contributed by atoms with van der Waals surface area (Å²) in [5.41, 5.74) is 0. The first-order valence-corrected chi connectivity index (χ1v) is 23.2. The Morgan fingerprint density at radius 1 is 0.714 bits per heavy atom. The Hall–Kier alpha value is -1.46. The summed E-state index contributed by atoms with van der Waals surface area (Å²) < 4.78 is 47.4. The molecular weight excluding hydrogens is 743 g/mol. The average molecular weight is 822 g/mol. The lowest BCUT2D eigenvalue weighted by atomic mass is 9.99. The van der Waals surface area contributed by atoms with E-state index in [0.29, 0.717) is 12.8 Å². The highest BCUT2D eigenvalue weighted by Gasteiger charge is 2.48. The van der Waals surface area contributed by atoms with Crippen molar-refractivity contribution in [1.29, 1.82) is 0 Å². The Bertz CT molecular complexity index is 1120. The Balaban J connectivity index is 2.61.